The molecular weight excluding hydrogens is 346 g/mol. The molecule has 0 bridgehead atoms. The van der Waals surface area contributed by atoms with Gasteiger partial charge in [0, 0.05) is 5.56 Å². The quantitative estimate of drug-likeness (QED) is 0.603. The van der Waals surface area contributed by atoms with Crippen molar-refractivity contribution >= 4 is 5.91 Å². The van der Waals surface area contributed by atoms with Crippen molar-refractivity contribution in [3.63, 3.8) is 0 Å². The van der Waals surface area contributed by atoms with Crippen molar-refractivity contribution in [3.05, 3.63) is 100 Å². The lowest BCUT2D eigenvalue weighted by molar-refractivity contribution is 0.0939. The average Bonchev–Trinajstić information content (AvgIpc) is 2.70. The Hall–Kier alpha value is -3.07. The van der Waals surface area contributed by atoms with E-state index >= 15 is 0 Å². The molecule has 0 saturated heterocycles. The van der Waals surface area contributed by atoms with Gasteiger partial charge in [0.2, 0.25) is 0 Å². The van der Waals surface area contributed by atoms with E-state index in [1.54, 1.807) is 6.07 Å². The van der Waals surface area contributed by atoms with Crippen LogP contribution in [-0.2, 0) is 6.61 Å². The summed E-state index contributed by atoms with van der Waals surface area (Å²) < 4.78 is 5.84. The first-order valence-electron chi connectivity index (χ1n) is 9.59. The smallest absolute Gasteiger partial charge is 0.251 e. The van der Waals surface area contributed by atoms with Crippen LogP contribution in [0.5, 0.6) is 5.75 Å². The van der Waals surface area contributed by atoms with Gasteiger partial charge in [0.05, 0.1) is 6.04 Å². The van der Waals surface area contributed by atoms with E-state index < -0.39 is 0 Å². The van der Waals surface area contributed by atoms with Crippen molar-refractivity contribution in [2.75, 3.05) is 0 Å². The van der Waals surface area contributed by atoms with E-state index in [1.807, 2.05) is 55.5 Å². The average molecular weight is 373 g/mol. The molecule has 1 N–H and O–H groups in total. The van der Waals surface area contributed by atoms with Crippen molar-refractivity contribution < 1.29 is 9.53 Å². The molecule has 0 aliphatic heterocycles. The Morgan fingerprint density at radius 2 is 1.61 bits per heavy atom. The van der Waals surface area contributed by atoms with Crippen LogP contribution in [0.15, 0.2) is 66.7 Å². The standard InChI is InChI=1S/C25H27NO2/c1-17-13-19(3)24(14-18(17)2)20(4)26-25(27)22-11-8-12-23(15-22)28-16-21-9-6-5-7-10-21/h5-15,20H,16H2,1-4H3,(H,26,27). The number of hydrogen-bond acceptors (Lipinski definition) is 2. The van der Waals surface area contributed by atoms with Crippen LogP contribution in [0.1, 0.15) is 51.1 Å². The number of hydrogen-bond donors (Lipinski definition) is 1. The second-order valence-corrected chi connectivity index (χ2v) is 7.29. The summed E-state index contributed by atoms with van der Waals surface area (Å²) in [6.45, 7) is 8.79. The lowest BCUT2D eigenvalue weighted by Gasteiger charge is -2.18. The molecule has 3 rings (SSSR count). The van der Waals surface area contributed by atoms with Gasteiger partial charge in [-0.05, 0) is 73.7 Å². The van der Waals surface area contributed by atoms with Crippen LogP contribution in [0.2, 0.25) is 0 Å². The Labute approximate surface area is 167 Å². The highest BCUT2D eigenvalue weighted by atomic mass is 16.5. The van der Waals surface area contributed by atoms with Gasteiger partial charge in [-0.2, -0.15) is 0 Å². The molecular formula is C25H27NO2. The molecule has 0 radical (unpaired) electrons. The Bertz CT molecular complexity index is 964. The van der Waals surface area contributed by atoms with E-state index in [-0.39, 0.29) is 11.9 Å². The molecule has 3 nitrogen and oxygen atoms in total. The van der Waals surface area contributed by atoms with Crippen molar-refractivity contribution in [1.29, 1.82) is 0 Å². The minimum atomic E-state index is -0.102. The fourth-order valence-electron chi connectivity index (χ4n) is 3.28. The molecule has 144 valence electrons. The van der Waals surface area contributed by atoms with Crippen LogP contribution < -0.4 is 10.1 Å². The molecule has 0 fully saturated rings. The molecule has 28 heavy (non-hydrogen) atoms. The summed E-state index contributed by atoms with van der Waals surface area (Å²) in [5, 5.41) is 3.11. The molecule has 0 aromatic heterocycles. The Kier molecular flexibility index (Phi) is 6.15. The number of aryl methyl sites for hydroxylation is 3. The van der Waals surface area contributed by atoms with Gasteiger partial charge >= 0.3 is 0 Å². The third-order valence-electron chi connectivity index (χ3n) is 5.04. The van der Waals surface area contributed by atoms with Crippen LogP contribution in [-0.4, -0.2) is 5.91 Å². The van der Waals surface area contributed by atoms with E-state index in [4.69, 9.17) is 4.74 Å². The normalized spacial score (nSPS) is 11.7. The lowest BCUT2D eigenvalue weighted by Crippen LogP contribution is -2.27. The molecule has 1 amide bonds. The predicted molar refractivity (Wildman–Crippen MR) is 114 cm³/mol. The van der Waals surface area contributed by atoms with Crippen LogP contribution >= 0.6 is 0 Å². The number of nitrogens with one attached hydrogen (secondary N) is 1. The molecule has 3 heteroatoms. The van der Waals surface area contributed by atoms with Crippen LogP contribution in [0.3, 0.4) is 0 Å². The summed E-state index contributed by atoms with van der Waals surface area (Å²) in [7, 11) is 0. The van der Waals surface area contributed by atoms with Crippen LogP contribution in [0, 0.1) is 20.8 Å². The highest BCUT2D eigenvalue weighted by Gasteiger charge is 2.14. The van der Waals surface area contributed by atoms with Crippen molar-refractivity contribution in [2.24, 2.45) is 0 Å². The first kappa shape index (κ1) is 19.7. The van der Waals surface area contributed by atoms with Crippen molar-refractivity contribution in [2.45, 2.75) is 40.3 Å². The summed E-state index contributed by atoms with van der Waals surface area (Å²) in [6, 6.07) is 21.6. The number of carbonyl (C=O) groups is 1. The Balaban J connectivity index is 1.68. The molecule has 0 aliphatic rings. The number of benzene rings is 3. The molecule has 3 aromatic rings. The summed E-state index contributed by atoms with van der Waals surface area (Å²) in [5.74, 6) is 0.585. The molecule has 0 spiro atoms. The van der Waals surface area contributed by atoms with E-state index in [1.165, 1.54) is 16.7 Å². The molecule has 0 saturated carbocycles. The highest BCUT2D eigenvalue weighted by molar-refractivity contribution is 5.94. The number of ether oxygens (including phenoxy) is 1. The maximum absolute atomic E-state index is 12.8. The van der Waals surface area contributed by atoms with E-state index in [2.05, 4.69) is 38.2 Å². The highest BCUT2D eigenvalue weighted by Crippen LogP contribution is 2.22. The number of amides is 1. The maximum atomic E-state index is 12.8. The number of carbonyl (C=O) groups excluding carboxylic acids is 1. The summed E-state index contributed by atoms with van der Waals surface area (Å²) in [4.78, 5) is 12.8. The van der Waals surface area contributed by atoms with Gasteiger partial charge in [-0.15, -0.1) is 0 Å². The second kappa shape index (κ2) is 8.75. The molecule has 0 heterocycles. The van der Waals surface area contributed by atoms with E-state index in [0.717, 1.165) is 11.1 Å². The third kappa shape index (κ3) is 4.80. The zero-order chi connectivity index (χ0) is 20.1. The molecule has 1 atom stereocenters. The van der Waals surface area contributed by atoms with E-state index in [0.29, 0.717) is 17.9 Å². The van der Waals surface area contributed by atoms with Crippen molar-refractivity contribution in [1.82, 2.24) is 5.32 Å². The van der Waals surface area contributed by atoms with Gasteiger partial charge < -0.3 is 10.1 Å². The van der Waals surface area contributed by atoms with Gasteiger partial charge in [-0.3, -0.25) is 4.79 Å². The molecule has 1 unspecified atom stereocenters. The Morgan fingerprint density at radius 1 is 0.893 bits per heavy atom. The number of rotatable bonds is 6. The van der Waals surface area contributed by atoms with Gasteiger partial charge in [-0.25, -0.2) is 0 Å². The fourth-order valence-corrected chi connectivity index (χ4v) is 3.28. The third-order valence-corrected chi connectivity index (χ3v) is 5.04. The van der Waals surface area contributed by atoms with Gasteiger partial charge in [-0.1, -0.05) is 48.5 Å². The molecule has 3 aromatic carbocycles. The predicted octanol–water partition coefficient (Wildman–Crippen LogP) is 5.68. The first-order chi connectivity index (χ1) is 13.4. The summed E-state index contributed by atoms with van der Waals surface area (Å²) in [5.41, 5.74) is 6.53. The molecule has 0 aliphatic carbocycles. The minimum absolute atomic E-state index is 0.0688. The zero-order valence-corrected chi connectivity index (χ0v) is 17.0. The Morgan fingerprint density at radius 3 is 2.36 bits per heavy atom. The lowest BCUT2D eigenvalue weighted by atomic mass is 9.96. The first-order valence-corrected chi connectivity index (χ1v) is 9.59. The van der Waals surface area contributed by atoms with E-state index in [9.17, 15) is 4.79 Å². The maximum Gasteiger partial charge on any atom is 0.251 e. The summed E-state index contributed by atoms with van der Waals surface area (Å²) in [6.07, 6.45) is 0. The minimum Gasteiger partial charge on any atom is -0.489 e. The zero-order valence-electron chi connectivity index (χ0n) is 17.0. The summed E-state index contributed by atoms with van der Waals surface area (Å²) >= 11 is 0. The topological polar surface area (TPSA) is 38.3 Å². The fraction of sp³-hybridized carbons (Fsp3) is 0.240. The van der Waals surface area contributed by atoms with Crippen LogP contribution in [0.25, 0.3) is 0 Å². The SMILES string of the molecule is Cc1cc(C)c(C(C)NC(=O)c2cccc(OCc3ccccc3)c2)cc1C. The van der Waals surface area contributed by atoms with Gasteiger partial charge in [0.1, 0.15) is 12.4 Å². The van der Waals surface area contributed by atoms with Gasteiger partial charge in [0.15, 0.2) is 0 Å². The van der Waals surface area contributed by atoms with Gasteiger partial charge in [0.25, 0.3) is 5.91 Å². The largest absolute Gasteiger partial charge is 0.489 e. The second-order valence-electron chi connectivity index (χ2n) is 7.29. The monoisotopic (exact) mass is 373 g/mol. The van der Waals surface area contributed by atoms with Crippen LogP contribution in [0.4, 0.5) is 0 Å². The van der Waals surface area contributed by atoms with Crippen molar-refractivity contribution in [3.8, 4) is 5.75 Å².